The Morgan fingerprint density at radius 2 is 1.95 bits per heavy atom. The Hall–Kier alpha value is -2.08. The van der Waals surface area contributed by atoms with Gasteiger partial charge in [-0.2, -0.15) is 0 Å². The molecular weight excluding hydrogens is 282 g/mol. The van der Waals surface area contributed by atoms with E-state index in [1.165, 1.54) is 17.8 Å². The molecule has 0 heterocycles. The molecule has 0 aliphatic carbocycles. The minimum Gasteiger partial charge on any atom is -0.409 e. The lowest BCUT2D eigenvalue weighted by molar-refractivity contribution is 0.318. The molecule has 0 aliphatic rings. The van der Waals surface area contributed by atoms with Gasteiger partial charge < -0.3 is 10.9 Å². The van der Waals surface area contributed by atoms with Gasteiger partial charge in [-0.25, -0.2) is 8.78 Å². The summed E-state index contributed by atoms with van der Waals surface area (Å²) >= 11 is 1.37. The van der Waals surface area contributed by atoms with Crippen molar-refractivity contribution in [3.8, 4) is 0 Å². The Morgan fingerprint density at radius 1 is 1.15 bits per heavy atom. The summed E-state index contributed by atoms with van der Waals surface area (Å²) in [7, 11) is 0. The van der Waals surface area contributed by atoms with Crippen LogP contribution in [0.3, 0.4) is 0 Å². The van der Waals surface area contributed by atoms with E-state index in [1.807, 2.05) is 6.07 Å². The highest BCUT2D eigenvalue weighted by atomic mass is 32.2. The fourth-order valence-corrected chi connectivity index (χ4v) is 2.48. The number of rotatable bonds is 4. The summed E-state index contributed by atoms with van der Waals surface area (Å²) in [6, 6.07) is 11.0. The normalized spacial score (nSPS) is 11.6. The lowest BCUT2D eigenvalue weighted by Crippen LogP contribution is -2.13. The smallest absolute Gasteiger partial charge is 0.170 e. The van der Waals surface area contributed by atoms with Crippen molar-refractivity contribution in [1.29, 1.82) is 0 Å². The summed E-state index contributed by atoms with van der Waals surface area (Å²) in [5.41, 5.74) is 7.05. The van der Waals surface area contributed by atoms with Gasteiger partial charge in [-0.15, -0.1) is 11.8 Å². The van der Waals surface area contributed by atoms with Crippen LogP contribution >= 0.6 is 11.8 Å². The molecule has 0 fully saturated rings. The van der Waals surface area contributed by atoms with Crippen molar-refractivity contribution >= 4 is 17.6 Å². The minimum absolute atomic E-state index is 0.0321. The second-order valence-corrected chi connectivity index (χ2v) is 5.10. The molecule has 20 heavy (non-hydrogen) atoms. The number of nitrogens with two attached hydrogens (primary N) is 1. The number of hydrogen-bond acceptors (Lipinski definition) is 3. The third-order valence-corrected chi connectivity index (χ3v) is 3.69. The maximum atomic E-state index is 13.1. The number of amidine groups is 1. The maximum Gasteiger partial charge on any atom is 0.170 e. The molecule has 0 aromatic heterocycles. The number of oxime groups is 1. The molecular formula is C14H12F2N2OS. The SMILES string of the molecule is N/C(=N\O)c1cccc(CSc2ccc(F)c(F)c2)c1. The minimum atomic E-state index is -0.861. The highest BCUT2D eigenvalue weighted by Crippen LogP contribution is 2.24. The number of benzene rings is 2. The Morgan fingerprint density at radius 3 is 2.65 bits per heavy atom. The fourth-order valence-electron chi connectivity index (χ4n) is 1.61. The van der Waals surface area contributed by atoms with Crippen LogP contribution in [0.25, 0.3) is 0 Å². The first-order valence-corrected chi connectivity index (χ1v) is 6.73. The predicted molar refractivity (Wildman–Crippen MR) is 74.9 cm³/mol. The molecule has 0 saturated heterocycles. The fraction of sp³-hybridized carbons (Fsp3) is 0.0714. The van der Waals surface area contributed by atoms with Crippen LogP contribution in [0, 0.1) is 11.6 Å². The van der Waals surface area contributed by atoms with Crippen LogP contribution in [-0.4, -0.2) is 11.0 Å². The van der Waals surface area contributed by atoms with Crippen LogP contribution < -0.4 is 5.73 Å². The van der Waals surface area contributed by atoms with Gasteiger partial charge >= 0.3 is 0 Å². The van der Waals surface area contributed by atoms with E-state index in [2.05, 4.69) is 5.16 Å². The van der Waals surface area contributed by atoms with Crippen LogP contribution in [0.5, 0.6) is 0 Å². The summed E-state index contributed by atoms with van der Waals surface area (Å²) < 4.78 is 25.9. The van der Waals surface area contributed by atoms with Gasteiger partial charge in [0.2, 0.25) is 0 Å². The summed E-state index contributed by atoms with van der Waals surface area (Å²) in [5, 5.41) is 11.6. The first kappa shape index (κ1) is 14.3. The van der Waals surface area contributed by atoms with Gasteiger partial charge in [-0.1, -0.05) is 23.4 Å². The van der Waals surface area contributed by atoms with Gasteiger partial charge in [0.25, 0.3) is 0 Å². The average Bonchev–Trinajstić information content (AvgIpc) is 2.48. The molecule has 6 heteroatoms. The van der Waals surface area contributed by atoms with Crippen LogP contribution in [-0.2, 0) is 5.75 Å². The van der Waals surface area contributed by atoms with Crippen molar-refractivity contribution in [2.75, 3.05) is 0 Å². The lowest BCUT2D eigenvalue weighted by atomic mass is 10.1. The summed E-state index contributed by atoms with van der Waals surface area (Å²) in [5.74, 6) is -1.12. The first-order chi connectivity index (χ1) is 9.60. The van der Waals surface area contributed by atoms with E-state index in [1.54, 1.807) is 18.2 Å². The molecule has 0 spiro atoms. The zero-order valence-corrected chi connectivity index (χ0v) is 11.2. The summed E-state index contributed by atoms with van der Waals surface area (Å²) in [6.07, 6.45) is 0. The molecule has 3 nitrogen and oxygen atoms in total. The van der Waals surface area contributed by atoms with Crippen molar-refractivity contribution in [1.82, 2.24) is 0 Å². The second kappa shape index (κ2) is 6.38. The highest BCUT2D eigenvalue weighted by Gasteiger charge is 2.05. The van der Waals surface area contributed by atoms with Crippen molar-refractivity contribution in [3.63, 3.8) is 0 Å². The molecule has 104 valence electrons. The molecule has 0 aliphatic heterocycles. The Balaban J connectivity index is 2.09. The summed E-state index contributed by atoms with van der Waals surface area (Å²) in [4.78, 5) is 0.637. The molecule has 3 N–H and O–H groups in total. The Kier molecular flexibility index (Phi) is 4.57. The molecule has 0 radical (unpaired) electrons. The molecule has 0 bridgehead atoms. The highest BCUT2D eigenvalue weighted by molar-refractivity contribution is 7.98. The van der Waals surface area contributed by atoms with Crippen molar-refractivity contribution in [3.05, 3.63) is 65.2 Å². The monoisotopic (exact) mass is 294 g/mol. The van der Waals surface area contributed by atoms with E-state index in [-0.39, 0.29) is 5.84 Å². The first-order valence-electron chi connectivity index (χ1n) is 5.75. The molecule has 2 aromatic carbocycles. The standard InChI is InChI=1S/C14H12F2N2OS/c15-12-5-4-11(7-13(12)16)20-8-9-2-1-3-10(6-9)14(17)18-19/h1-7,19H,8H2,(H2,17,18). The van der Waals surface area contributed by atoms with E-state index in [0.29, 0.717) is 16.2 Å². The molecule has 0 amide bonds. The largest absolute Gasteiger partial charge is 0.409 e. The van der Waals surface area contributed by atoms with Crippen LogP contribution in [0.15, 0.2) is 52.5 Å². The van der Waals surface area contributed by atoms with E-state index < -0.39 is 11.6 Å². The molecule has 0 atom stereocenters. The molecule has 0 saturated carbocycles. The predicted octanol–water partition coefficient (Wildman–Crippen LogP) is 3.35. The van der Waals surface area contributed by atoms with Gasteiger partial charge in [-0.3, -0.25) is 0 Å². The average molecular weight is 294 g/mol. The van der Waals surface area contributed by atoms with Gasteiger partial charge in [0.15, 0.2) is 17.5 Å². The zero-order chi connectivity index (χ0) is 14.5. The zero-order valence-electron chi connectivity index (χ0n) is 10.4. The van der Waals surface area contributed by atoms with Gasteiger partial charge in [-0.05, 0) is 29.8 Å². The third-order valence-electron chi connectivity index (χ3n) is 2.63. The Bertz CT molecular complexity index is 647. The van der Waals surface area contributed by atoms with Crippen LogP contribution in [0.1, 0.15) is 11.1 Å². The Labute approximate surface area is 119 Å². The number of nitrogens with zero attached hydrogens (tertiary/aromatic N) is 1. The lowest BCUT2D eigenvalue weighted by Gasteiger charge is -2.05. The quantitative estimate of drug-likeness (QED) is 0.299. The summed E-state index contributed by atoms with van der Waals surface area (Å²) in [6.45, 7) is 0. The number of halogens is 2. The molecule has 2 aromatic rings. The molecule has 2 rings (SSSR count). The van der Waals surface area contributed by atoms with Gasteiger partial charge in [0, 0.05) is 16.2 Å². The number of thioether (sulfide) groups is 1. The third kappa shape index (κ3) is 3.48. The molecule has 0 unspecified atom stereocenters. The van der Waals surface area contributed by atoms with E-state index in [9.17, 15) is 8.78 Å². The van der Waals surface area contributed by atoms with Crippen molar-refractivity contribution < 1.29 is 14.0 Å². The maximum absolute atomic E-state index is 13.1. The van der Waals surface area contributed by atoms with Crippen molar-refractivity contribution in [2.45, 2.75) is 10.6 Å². The van der Waals surface area contributed by atoms with E-state index in [4.69, 9.17) is 10.9 Å². The number of hydrogen-bond donors (Lipinski definition) is 2. The topological polar surface area (TPSA) is 58.6 Å². The van der Waals surface area contributed by atoms with Crippen LogP contribution in [0.2, 0.25) is 0 Å². The van der Waals surface area contributed by atoms with Gasteiger partial charge in [0.1, 0.15) is 0 Å². The van der Waals surface area contributed by atoms with Gasteiger partial charge in [0.05, 0.1) is 0 Å². The van der Waals surface area contributed by atoms with Crippen LogP contribution in [0.4, 0.5) is 8.78 Å². The van der Waals surface area contributed by atoms with E-state index in [0.717, 1.165) is 17.7 Å². The van der Waals surface area contributed by atoms with Crippen molar-refractivity contribution in [2.24, 2.45) is 10.9 Å². The van der Waals surface area contributed by atoms with E-state index >= 15 is 0 Å². The second-order valence-electron chi connectivity index (χ2n) is 4.05.